The van der Waals surface area contributed by atoms with Gasteiger partial charge in [-0.25, -0.2) is 4.98 Å². The molecule has 0 spiro atoms. The molecule has 2 unspecified atom stereocenters. The highest BCUT2D eigenvalue weighted by Crippen LogP contribution is 2.17. The largest absolute Gasteiger partial charge is 0.489 e. The first-order chi connectivity index (χ1) is 13.9. The van der Waals surface area contributed by atoms with Crippen molar-refractivity contribution < 1.29 is 19.4 Å². The van der Waals surface area contributed by atoms with Gasteiger partial charge in [-0.3, -0.25) is 9.59 Å². The molecule has 2 aromatic carbocycles. The molecule has 0 bridgehead atoms. The second-order valence-electron chi connectivity index (χ2n) is 6.54. The van der Waals surface area contributed by atoms with Crippen molar-refractivity contribution in [3.05, 3.63) is 78.4 Å². The van der Waals surface area contributed by atoms with E-state index in [2.05, 4.69) is 10.3 Å². The molecule has 0 aliphatic rings. The Hall–Kier alpha value is -3.65. The van der Waals surface area contributed by atoms with Crippen LogP contribution in [0.2, 0.25) is 0 Å². The van der Waals surface area contributed by atoms with E-state index >= 15 is 0 Å². The number of carbonyl (C=O) groups excluding carboxylic acids is 2. The molecule has 29 heavy (non-hydrogen) atoms. The molecular weight excluding hydrogens is 372 g/mol. The maximum atomic E-state index is 12.2. The molecule has 2 atom stereocenters. The molecule has 3 aromatic rings. The van der Waals surface area contributed by atoms with Gasteiger partial charge in [0, 0.05) is 23.6 Å². The number of aliphatic hydroxyl groups is 1. The Morgan fingerprint density at radius 3 is 2.41 bits per heavy atom. The summed E-state index contributed by atoms with van der Waals surface area (Å²) in [6.07, 6.45) is 4.22. The van der Waals surface area contributed by atoms with Crippen molar-refractivity contribution in [3.8, 4) is 11.4 Å². The van der Waals surface area contributed by atoms with Gasteiger partial charge >= 0.3 is 0 Å². The van der Waals surface area contributed by atoms with Gasteiger partial charge in [-0.1, -0.05) is 12.1 Å². The predicted octanol–water partition coefficient (Wildman–Crippen LogP) is 1.42. The molecule has 0 radical (unpaired) electrons. The molecule has 0 aliphatic carbocycles. The van der Waals surface area contributed by atoms with E-state index in [1.165, 1.54) is 6.92 Å². The standard InChI is InChI=1S/C21H22N4O4/c1-14(26)19(20(22)27)24-21(28)16-4-2-15(3-5-16)12-29-18-8-6-17(7-9-18)25-11-10-23-13-25/h2-11,13-14,19,26H,12H2,1H3,(H2,22,27)(H,24,28). The summed E-state index contributed by atoms with van der Waals surface area (Å²) in [5.74, 6) is -0.563. The highest BCUT2D eigenvalue weighted by molar-refractivity contribution is 5.97. The summed E-state index contributed by atoms with van der Waals surface area (Å²) in [7, 11) is 0. The van der Waals surface area contributed by atoms with Gasteiger partial charge in [0.2, 0.25) is 5.91 Å². The second kappa shape index (κ2) is 9.03. The van der Waals surface area contributed by atoms with Crippen LogP contribution in [0.15, 0.2) is 67.3 Å². The molecule has 1 aromatic heterocycles. The summed E-state index contributed by atoms with van der Waals surface area (Å²) in [6.45, 7) is 1.72. The van der Waals surface area contributed by atoms with Crippen LogP contribution in [0.25, 0.3) is 5.69 Å². The van der Waals surface area contributed by atoms with Gasteiger partial charge in [0.1, 0.15) is 18.4 Å². The highest BCUT2D eigenvalue weighted by atomic mass is 16.5. The summed E-state index contributed by atoms with van der Waals surface area (Å²) in [5, 5.41) is 12.0. The summed E-state index contributed by atoms with van der Waals surface area (Å²) < 4.78 is 7.67. The summed E-state index contributed by atoms with van der Waals surface area (Å²) in [6, 6.07) is 13.2. The van der Waals surface area contributed by atoms with Crippen molar-refractivity contribution in [1.29, 1.82) is 0 Å². The number of ether oxygens (including phenoxy) is 1. The van der Waals surface area contributed by atoms with Crippen LogP contribution in [0.4, 0.5) is 0 Å². The third kappa shape index (κ3) is 5.20. The minimum atomic E-state index is -1.14. The Labute approximate surface area is 167 Å². The van der Waals surface area contributed by atoms with Crippen molar-refractivity contribution in [2.45, 2.75) is 25.7 Å². The molecular formula is C21H22N4O4. The lowest BCUT2D eigenvalue weighted by molar-refractivity contribution is -0.122. The van der Waals surface area contributed by atoms with Crippen LogP contribution in [0.5, 0.6) is 5.75 Å². The summed E-state index contributed by atoms with van der Waals surface area (Å²) in [5.41, 5.74) is 7.40. The fraction of sp³-hybridized carbons (Fsp3) is 0.190. The number of hydrogen-bond donors (Lipinski definition) is 3. The van der Waals surface area contributed by atoms with Crippen molar-refractivity contribution >= 4 is 11.8 Å². The summed E-state index contributed by atoms with van der Waals surface area (Å²) >= 11 is 0. The lowest BCUT2D eigenvalue weighted by atomic mass is 10.1. The fourth-order valence-electron chi connectivity index (χ4n) is 2.70. The number of aliphatic hydroxyl groups excluding tert-OH is 1. The van der Waals surface area contributed by atoms with Crippen LogP contribution in [0.3, 0.4) is 0 Å². The minimum absolute atomic E-state index is 0.337. The lowest BCUT2D eigenvalue weighted by Crippen LogP contribution is -2.50. The molecule has 0 saturated heterocycles. The van der Waals surface area contributed by atoms with Crippen LogP contribution < -0.4 is 15.8 Å². The summed E-state index contributed by atoms with van der Waals surface area (Å²) in [4.78, 5) is 27.5. The first-order valence-electron chi connectivity index (χ1n) is 9.02. The number of nitrogens with zero attached hydrogens (tertiary/aromatic N) is 2. The van der Waals surface area contributed by atoms with Gasteiger partial charge in [0.15, 0.2) is 0 Å². The average molecular weight is 394 g/mol. The second-order valence-corrected chi connectivity index (χ2v) is 6.54. The molecule has 4 N–H and O–H groups in total. The van der Waals surface area contributed by atoms with Crippen molar-refractivity contribution in [3.63, 3.8) is 0 Å². The molecule has 2 amide bonds. The number of nitrogens with one attached hydrogen (secondary N) is 1. The Kier molecular flexibility index (Phi) is 6.25. The molecule has 3 rings (SSSR count). The van der Waals surface area contributed by atoms with Crippen LogP contribution in [-0.2, 0) is 11.4 Å². The van der Waals surface area contributed by atoms with Crippen molar-refractivity contribution in [1.82, 2.24) is 14.9 Å². The molecule has 1 heterocycles. The zero-order valence-electron chi connectivity index (χ0n) is 15.9. The smallest absolute Gasteiger partial charge is 0.252 e. The van der Waals surface area contributed by atoms with E-state index in [0.29, 0.717) is 12.2 Å². The van der Waals surface area contributed by atoms with Crippen LogP contribution >= 0.6 is 0 Å². The number of nitrogens with two attached hydrogens (primary N) is 1. The first kappa shape index (κ1) is 20.1. The lowest BCUT2D eigenvalue weighted by Gasteiger charge is -2.18. The molecule has 8 heteroatoms. The van der Waals surface area contributed by atoms with Gasteiger partial charge in [-0.15, -0.1) is 0 Å². The minimum Gasteiger partial charge on any atom is -0.489 e. The molecule has 0 saturated carbocycles. The van der Waals surface area contributed by atoms with E-state index in [4.69, 9.17) is 10.5 Å². The van der Waals surface area contributed by atoms with Gasteiger partial charge in [-0.05, 0) is 48.9 Å². The van der Waals surface area contributed by atoms with Gasteiger partial charge in [-0.2, -0.15) is 0 Å². The topological polar surface area (TPSA) is 119 Å². The number of aromatic nitrogens is 2. The maximum Gasteiger partial charge on any atom is 0.252 e. The number of amides is 2. The van der Waals surface area contributed by atoms with E-state index in [9.17, 15) is 14.7 Å². The van der Waals surface area contributed by atoms with Crippen LogP contribution in [-0.4, -0.2) is 38.6 Å². The fourth-order valence-corrected chi connectivity index (χ4v) is 2.70. The first-order valence-corrected chi connectivity index (χ1v) is 9.02. The van der Waals surface area contributed by atoms with Crippen molar-refractivity contribution in [2.24, 2.45) is 5.73 Å². The van der Waals surface area contributed by atoms with Crippen LogP contribution in [0.1, 0.15) is 22.8 Å². The number of benzene rings is 2. The number of primary amides is 1. The Morgan fingerprint density at radius 1 is 1.17 bits per heavy atom. The third-order valence-corrected chi connectivity index (χ3v) is 4.34. The maximum absolute atomic E-state index is 12.2. The van der Waals surface area contributed by atoms with E-state index in [0.717, 1.165) is 17.0 Å². The van der Waals surface area contributed by atoms with Gasteiger partial charge < -0.3 is 25.5 Å². The average Bonchev–Trinajstić information content (AvgIpc) is 3.25. The molecule has 0 aliphatic heterocycles. The van der Waals surface area contributed by atoms with E-state index < -0.39 is 24.0 Å². The van der Waals surface area contributed by atoms with E-state index in [-0.39, 0.29) is 0 Å². The zero-order valence-corrected chi connectivity index (χ0v) is 15.9. The van der Waals surface area contributed by atoms with Gasteiger partial charge in [0.05, 0.1) is 12.4 Å². The van der Waals surface area contributed by atoms with Crippen molar-refractivity contribution in [2.75, 3.05) is 0 Å². The third-order valence-electron chi connectivity index (χ3n) is 4.34. The monoisotopic (exact) mass is 394 g/mol. The number of imidazole rings is 1. The molecule has 150 valence electrons. The quantitative estimate of drug-likeness (QED) is 0.534. The highest BCUT2D eigenvalue weighted by Gasteiger charge is 2.23. The van der Waals surface area contributed by atoms with Gasteiger partial charge in [0.25, 0.3) is 5.91 Å². The predicted molar refractivity (Wildman–Crippen MR) is 106 cm³/mol. The van der Waals surface area contributed by atoms with Crippen LogP contribution in [0, 0.1) is 0 Å². The zero-order chi connectivity index (χ0) is 20.8. The normalized spacial score (nSPS) is 12.8. The number of carbonyl (C=O) groups is 2. The molecule has 8 nitrogen and oxygen atoms in total. The Balaban J connectivity index is 1.56. The number of rotatable bonds is 8. The molecule has 0 fully saturated rings. The number of hydrogen-bond acceptors (Lipinski definition) is 5. The van der Waals surface area contributed by atoms with E-state index in [1.807, 2.05) is 35.0 Å². The SMILES string of the molecule is CC(O)C(NC(=O)c1ccc(COc2ccc(-n3ccnc3)cc2)cc1)C(N)=O. The van der Waals surface area contributed by atoms with E-state index in [1.54, 1.807) is 36.8 Å². The Bertz CT molecular complexity index is 951. The Morgan fingerprint density at radius 2 is 1.86 bits per heavy atom.